The van der Waals surface area contributed by atoms with Crippen molar-refractivity contribution >= 4 is 0 Å². The summed E-state index contributed by atoms with van der Waals surface area (Å²) in [6.07, 6.45) is 2.66. The van der Waals surface area contributed by atoms with E-state index in [2.05, 4.69) is 11.4 Å². The Labute approximate surface area is 102 Å². The van der Waals surface area contributed by atoms with Crippen molar-refractivity contribution in [2.45, 2.75) is 25.4 Å². The van der Waals surface area contributed by atoms with Crippen LogP contribution in [-0.4, -0.2) is 29.9 Å². The Morgan fingerprint density at radius 2 is 1.94 bits per heavy atom. The lowest BCUT2D eigenvalue weighted by Gasteiger charge is -2.24. The lowest BCUT2D eigenvalue weighted by molar-refractivity contribution is 0.0946. The van der Waals surface area contributed by atoms with Crippen LogP contribution >= 0.6 is 0 Å². The molecule has 0 spiro atoms. The van der Waals surface area contributed by atoms with Gasteiger partial charge in [0.2, 0.25) is 0 Å². The van der Waals surface area contributed by atoms with Crippen LogP contribution in [0.2, 0.25) is 0 Å². The van der Waals surface area contributed by atoms with Crippen LogP contribution in [0.25, 0.3) is 0 Å². The second-order valence-electron chi connectivity index (χ2n) is 4.79. The molecule has 1 fully saturated rings. The predicted octanol–water partition coefficient (Wildman–Crippen LogP) is 1.25. The van der Waals surface area contributed by atoms with Gasteiger partial charge in [0.15, 0.2) is 0 Å². The molecule has 3 nitrogen and oxygen atoms in total. The Morgan fingerprint density at radius 1 is 1.24 bits per heavy atom. The van der Waals surface area contributed by atoms with E-state index in [0.29, 0.717) is 5.92 Å². The van der Waals surface area contributed by atoms with Crippen LogP contribution in [0, 0.1) is 5.92 Å². The number of piperidine rings is 1. The average Bonchev–Trinajstić information content (AvgIpc) is 2.40. The summed E-state index contributed by atoms with van der Waals surface area (Å²) in [5.41, 5.74) is 2.06. The normalized spacial score (nSPS) is 19.2. The summed E-state index contributed by atoms with van der Waals surface area (Å²) in [6, 6.07) is 7.90. The predicted molar refractivity (Wildman–Crippen MR) is 67.8 cm³/mol. The van der Waals surface area contributed by atoms with Gasteiger partial charge >= 0.3 is 0 Å². The highest BCUT2D eigenvalue weighted by molar-refractivity contribution is 5.29. The van der Waals surface area contributed by atoms with Gasteiger partial charge in [-0.05, 0) is 49.4 Å². The van der Waals surface area contributed by atoms with E-state index in [0.717, 1.165) is 25.1 Å². The van der Waals surface area contributed by atoms with E-state index in [-0.39, 0.29) is 6.61 Å². The van der Waals surface area contributed by atoms with Gasteiger partial charge in [-0.1, -0.05) is 24.3 Å². The third kappa shape index (κ3) is 3.28. The van der Waals surface area contributed by atoms with E-state index in [1.807, 2.05) is 18.2 Å². The van der Waals surface area contributed by atoms with Gasteiger partial charge in [0.1, 0.15) is 6.10 Å². The first-order chi connectivity index (χ1) is 8.31. The fourth-order valence-electron chi connectivity index (χ4n) is 2.54. The second kappa shape index (κ2) is 6.15. The van der Waals surface area contributed by atoms with E-state index in [1.54, 1.807) is 0 Å². The molecule has 1 aromatic rings. The number of rotatable bonds is 4. The van der Waals surface area contributed by atoms with Gasteiger partial charge in [0.05, 0.1) is 6.61 Å². The smallest absolute Gasteiger partial charge is 0.102 e. The number of hydrogen-bond donors (Lipinski definition) is 3. The fraction of sp³-hybridized carbons (Fsp3) is 0.571. The van der Waals surface area contributed by atoms with Gasteiger partial charge in [-0.15, -0.1) is 0 Å². The molecule has 94 valence electrons. The molecule has 0 saturated carbocycles. The number of hydrogen-bond acceptors (Lipinski definition) is 3. The number of benzene rings is 1. The van der Waals surface area contributed by atoms with E-state index in [1.165, 1.54) is 18.4 Å². The molecule has 1 unspecified atom stereocenters. The van der Waals surface area contributed by atoms with Crippen LogP contribution in [0.15, 0.2) is 24.3 Å². The Balaban J connectivity index is 2.08. The third-order valence-electron chi connectivity index (χ3n) is 3.55. The van der Waals surface area contributed by atoms with Crippen LogP contribution in [0.1, 0.15) is 30.1 Å². The van der Waals surface area contributed by atoms with Crippen molar-refractivity contribution in [2.24, 2.45) is 5.92 Å². The summed E-state index contributed by atoms with van der Waals surface area (Å²) in [5, 5.41) is 22.2. The van der Waals surface area contributed by atoms with Gasteiger partial charge in [0.25, 0.3) is 0 Å². The molecule has 0 radical (unpaired) electrons. The standard InChI is InChI=1S/C14H21NO2/c16-10-14(17)13-4-2-1-3-12(13)9-11-5-7-15-8-6-11/h1-4,11,14-17H,5-10H2. The Kier molecular flexibility index (Phi) is 4.54. The minimum atomic E-state index is -0.743. The minimum absolute atomic E-state index is 0.205. The van der Waals surface area contributed by atoms with Crippen molar-refractivity contribution in [2.75, 3.05) is 19.7 Å². The first-order valence-electron chi connectivity index (χ1n) is 6.38. The highest BCUT2D eigenvalue weighted by Crippen LogP contribution is 2.24. The number of nitrogens with one attached hydrogen (secondary N) is 1. The molecule has 1 saturated heterocycles. The molecule has 3 heteroatoms. The summed E-state index contributed by atoms with van der Waals surface area (Å²) in [4.78, 5) is 0. The van der Waals surface area contributed by atoms with Crippen LogP contribution in [-0.2, 0) is 6.42 Å². The molecule has 1 atom stereocenters. The lowest BCUT2D eigenvalue weighted by atomic mass is 9.88. The summed E-state index contributed by atoms with van der Waals surface area (Å²) in [5.74, 6) is 0.697. The molecule has 2 rings (SSSR count). The van der Waals surface area contributed by atoms with E-state index < -0.39 is 6.10 Å². The van der Waals surface area contributed by atoms with Crippen molar-refractivity contribution in [3.05, 3.63) is 35.4 Å². The van der Waals surface area contributed by atoms with Gasteiger partial charge in [-0.3, -0.25) is 0 Å². The highest BCUT2D eigenvalue weighted by Gasteiger charge is 2.17. The average molecular weight is 235 g/mol. The third-order valence-corrected chi connectivity index (χ3v) is 3.55. The van der Waals surface area contributed by atoms with Crippen LogP contribution in [0.3, 0.4) is 0 Å². The maximum absolute atomic E-state index is 9.78. The van der Waals surface area contributed by atoms with Gasteiger partial charge < -0.3 is 15.5 Å². The fourth-order valence-corrected chi connectivity index (χ4v) is 2.54. The molecule has 3 N–H and O–H groups in total. The molecule has 0 amide bonds. The lowest BCUT2D eigenvalue weighted by Crippen LogP contribution is -2.29. The SMILES string of the molecule is OCC(O)c1ccccc1CC1CCNCC1. The van der Waals surface area contributed by atoms with Crippen LogP contribution in [0.4, 0.5) is 0 Å². The molecular weight excluding hydrogens is 214 g/mol. The van der Waals surface area contributed by atoms with Crippen molar-refractivity contribution in [1.29, 1.82) is 0 Å². The molecule has 1 aliphatic heterocycles. The number of aliphatic hydroxyl groups excluding tert-OH is 2. The molecule has 1 aromatic carbocycles. The van der Waals surface area contributed by atoms with Gasteiger partial charge in [-0.25, -0.2) is 0 Å². The number of aliphatic hydroxyl groups is 2. The summed E-state index contributed by atoms with van der Waals surface area (Å²) in [6.45, 7) is 1.98. The molecular formula is C14H21NO2. The van der Waals surface area contributed by atoms with E-state index in [4.69, 9.17) is 5.11 Å². The second-order valence-corrected chi connectivity index (χ2v) is 4.79. The first kappa shape index (κ1) is 12.6. The van der Waals surface area contributed by atoms with Crippen molar-refractivity contribution in [3.63, 3.8) is 0 Å². The first-order valence-corrected chi connectivity index (χ1v) is 6.38. The zero-order valence-electron chi connectivity index (χ0n) is 10.1. The highest BCUT2D eigenvalue weighted by atomic mass is 16.3. The zero-order valence-corrected chi connectivity index (χ0v) is 10.1. The summed E-state index contributed by atoms with van der Waals surface area (Å²) < 4.78 is 0. The Bertz CT molecular complexity index is 348. The summed E-state index contributed by atoms with van der Waals surface area (Å²) >= 11 is 0. The summed E-state index contributed by atoms with van der Waals surface area (Å²) in [7, 11) is 0. The molecule has 0 bridgehead atoms. The maximum Gasteiger partial charge on any atom is 0.102 e. The largest absolute Gasteiger partial charge is 0.393 e. The van der Waals surface area contributed by atoms with E-state index in [9.17, 15) is 5.11 Å². The Morgan fingerprint density at radius 3 is 2.65 bits per heavy atom. The van der Waals surface area contributed by atoms with E-state index >= 15 is 0 Å². The van der Waals surface area contributed by atoms with Crippen LogP contribution < -0.4 is 5.32 Å². The molecule has 1 heterocycles. The zero-order chi connectivity index (χ0) is 12.1. The molecule has 17 heavy (non-hydrogen) atoms. The minimum Gasteiger partial charge on any atom is -0.393 e. The maximum atomic E-state index is 9.78. The molecule has 0 aromatic heterocycles. The molecule has 0 aliphatic carbocycles. The molecule has 1 aliphatic rings. The van der Waals surface area contributed by atoms with Crippen LogP contribution in [0.5, 0.6) is 0 Å². The van der Waals surface area contributed by atoms with Crippen molar-refractivity contribution < 1.29 is 10.2 Å². The topological polar surface area (TPSA) is 52.5 Å². The van der Waals surface area contributed by atoms with Crippen molar-refractivity contribution in [1.82, 2.24) is 5.32 Å². The Hall–Kier alpha value is -0.900. The monoisotopic (exact) mass is 235 g/mol. The van der Waals surface area contributed by atoms with Crippen molar-refractivity contribution in [3.8, 4) is 0 Å². The quantitative estimate of drug-likeness (QED) is 0.736. The van der Waals surface area contributed by atoms with Gasteiger partial charge in [-0.2, -0.15) is 0 Å². The van der Waals surface area contributed by atoms with Gasteiger partial charge in [0, 0.05) is 0 Å².